The maximum absolute atomic E-state index is 9.37. The minimum atomic E-state index is -1.32. The van der Waals surface area contributed by atoms with Crippen LogP contribution >= 0.6 is 0 Å². The lowest BCUT2D eigenvalue weighted by atomic mass is 9.91. The van der Waals surface area contributed by atoms with Gasteiger partial charge in [-0.1, -0.05) is 6.92 Å². The molecule has 1 rings (SSSR count). The van der Waals surface area contributed by atoms with Gasteiger partial charge in [0.2, 0.25) is 0 Å². The molecule has 0 unspecified atom stereocenters. The molecule has 5 atom stereocenters. The predicted molar refractivity (Wildman–Crippen MR) is 39.1 cm³/mol. The smallest absolute Gasteiger partial charge is 0.181 e. The van der Waals surface area contributed by atoms with Crippen LogP contribution in [0.25, 0.3) is 0 Å². The van der Waals surface area contributed by atoms with Crippen molar-refractivity contribution in [3.8, 4) is 0 Å². The molecule has 0 spiro atoms. The van der Waals surface area contributed by atoms with Crippen molar-refractivity contribution in [2.24, 2.45) is 5.92 Å². The van der Waals surface area contributed by atoms with Crippen LogP contribution in [0.15, 0.2) is 0 Å². The molecule has 0 aromatic carbocycles. The van der Waals surface area contributed by atoms with E-state index < -0.39 is 30.5 Å². The van der Waals surface area contributed by atoms with E-state index in [0.717, 1.165) is 0 Å². The second-order valence-electron chi connectivity index (χ2n) is 3.09. The molecule has 1 fully saturated rings. The standard InChI is InChI=1S/C7H14O5/c1-3-5(9)4(2-8)12-7(11)6(3)10/h3-11H,2H2,1H3/t3-,4-,5-,6+,7+/m1/s1. The minimum absolute atomic E-state index is 0.366. The molecular formula is C7H14O5. The van der Waals surface area contributed by atoms with Gasteiger partial charge in [-0.05, 0) is 0 Å². The zero-order chi connectivity index (χ0) is 9.30. The molecule has 0 aliphatic carbocycles. The highest BCUT2D eigenvalue weighted by Gasteiger charge is 2.40. The van der Waals surface area contributed by atoms with Crippen molar-refractivity contribution in [3.63, 3.8) is 0 Å². The van der Waals surface area contributed by atoms with Gasteiger partial charge in [-0.2, -0.15) is 0 Å². The van der Waals surface area contributed by atoms with E-state index >= 15 is 0 Å². The lowest BCUT2D eigenvalue weighted by Gasteiger charge is -2.38. The first kappa shape index (κ1) is 9.88. The third-order valence-electron chi connectivity index (χ3n) is 2.24. The Labute approximate surface area is 70.2 Å². The van der Waals surface area contributed by atoms with Gasteiger partial charge >= 0.3 is 0 Å². The van der Waals surface area contributed by atoms with Crippen molar-refractivity contribution in [1.29, 1.82) is 0 Å². The first-order valence-corrected chi connectivity index (χ1v) is 3.88. The van der Waals surface area contributed by atoms with Crippen molar-refractivity contribution in [3.05, 3.63) is 0 Å². The van der Waals surface area contributed by atoms with Crippen LogP contribution in [0, 0.1) is 5.92 Å². The third kappa shape index (κ3) is 1.60. The second kappa shape index (κ2) is 3.68. The van der Waals surface area contributed by atoms with Crippen LogP contribution in [-0.2, 0) is 4.74 Å². The Kier molecular flexibility index (Phi) is 3.03. The van der Waals surface area contributed by atoms with Gasteiger partial charge in [-0.3, -0.25) is 0 Å². The quantitative estimate of drug-likeness (QED) is 0.375. The minimum Gasteiger partial charge on any atom is -0.394 e. The first-order valence-electron chi connectivity index (χ1n) is 3.88. The summed E-state index contributed by atoms with van der Waals surface area (Å²) in [6, 6.07) is 0. The maximum atomic E-state index is 9.37. The molecule has 0 aromatic heterocycles. The van der Waals surface area contributed by atoms with E-state index in [1.54, 1.807) is 6.92 Å². The number of hydrogen-bond donors (Lipinski definition) is 4. The summed E-state index contributed by atoms with van der Waals surface area (Å²) in [5, 5.41) is 36.4. The molecule has 5 nitrogen and oxygen atoms in total. The SMILES string of the molecule is C[C@@H]1[C@@H](O)[C@@H](CO)O[C@H](O)[C@H]1O. The van der Waals surface area contributed by atoms with Gasteiger partial charge in [0.1, 0.15) is 12.2 Å². The van der Waals surface area contributed by atoms with Gasteiger partial charge in [0, 0.05) is 5.92 Å². The highest BCUT2D eigenvalue weighted by atomic mass is 16.6. The molecule has 0 bridgehead atoms. The number of aliphatic hydroxyl groups is 4. The number of aliphatic hydroxyl groups excluding tert-OH is 4. The topological polar surface area (TPSA) is 90.2 Å². The van der Waals surface area contributed by atoms with Crippen LogP contribution in [0.1, 0.15) is 6.92 Å². The summed E-state index contributed by atoms with van der Waals surface area (Å²) in [5.74, 6) is -0.495. The van der Waals surface area contributed by atoms with Crippen LogP contribution in [0.3, 0.4) is 0 Å². The monoisotopic (exact) mass is 178 g/mol. The molecule has 12 heavy (non-hydrogen) atoms. The molecule has 1 saturated heterocycles. The van der Waals surface area contributed by atoms with E-state index in [9.17, 15) is 10.2 Å². The van der Waals surface area contributed by atoms with Gasteiger partial charge in [0.25, 0.3) is 0 Å². The van der Waals surface area contributed by atoms with Gasteiger partial charge in [-0.15, -0.1) is 0 Å². The zero-order valence-corrected chi connectivity index (χ0v) is 6.79. The molecule has 0 saturated carbocycles. The molecule has 0 amide bonds. The normalized spacial score (nSPS) is 49.2. The molecule has 1 aliphatic rings. The molecule has 5 heteroatoms. The van der Waals surface area contributed by atoms with Gasteiger partial charge in [-0.25, -0.2) is 0 Å². The Balaban J connectivity index is 2.63. The Morgan fingerprint density at radius 1 is 1.17 bits per heavy atom. The molecule has 4 N–H and O–H groups in total. The van der Waals surface area contributed by atoms with E-state index in [1.807, 2.05) is 0 Å². The molecule has 0 radical (unpaired) electrons. The van der Waals surface area contributed by atoms with Crippen LogP contribution in [0.4, 0.5) is 0 Å². The number of hydrogen-bond acceptors (Lipinski definition) is 5. The fourth-order valence-corrected chi connectivity index (χ4v) is 1.29. The largest absolute Gasteiger partial charge is 0.394 e. The van der Waals surface area contributed by atoms with E-state index in [0.29, 0.717) is 0 Å². The molecule has 72 valence electrons. The highest BCUT2D eigenvalue weighted by molar-refractivity contribution is 4.85. The first-order chi connectivity index (χ1) is 5.57. The number of rotatable bonds is 1. The van der Waals surface area contributed by atoms with Crippen molar-refractivity contribution in [2.75, 3.05) is 6.61 Å². The van der Waals surface area contributed by atoms with E-state index in [1.165, 1.54) is 0 Å². The lowest BCUT2D eigenvalue weighted by molar-refractivity contribution is -0.271. The summed E-state index contributed by atoms with van der Waals surface area (Å²) < 4.78 is 4.74. The lowest BCUT2D eigenvalue weighted by Crippen LogP contribution is -2.54. The Morgan fingerprint density at radius 2 is 1.75 bits per heavy atom. The van der Waals surface area contributed by atoms with E-state index in [-0.39, 0.29) is 6.61 Å². The summed E-state index contributed by atoms with van der Waals surface area (Å²) in [6.07, 6.45) is -4.16. The van der Waals surface area contributed by atoms with Gasteiger partial charge in [0.15, 0.2) is 6.29 Å². The zero-order valence-electron chi connectivity index (χ0n) is 6.79. The average molecular weight is 178 g/mol. The molecule has 1 heterocycles. The third-order valence-corrected chi connectivity index (χ3v) is 2.24. The average Bonchev–Trinajstić information content (AvgIpc) is 2.08. The van der Waals surface area contributed by atoms with E-state index in [4.69, 9.17) is 14.9 Å². The van der Waals surface area contributed by atoms with Crippen molar-refractivity contribution in [2.45, 2.75) is 31.5 Å². The number of ether oxygens (including phenoxy) is 1. The molecule has 1 aliphatic heterocycles. The van der Waals surface area contributed by atoms with Crippen LogP contribution < -0.4 is 0 Å². The van der Waals surface area contributed by atoms with Crippen LogP contribution in [0.2, 0.25) is 0 Å². The summed E-state index contributed by atoms with van der Waals surface area (Å²) in [4.78, 5) is 0. The summed E-state index contributed by atoms with van der Waals surface area (Å²) >= 11 is 0. The van der Waals surface area contributed by atoms with Crippen molar-refractivity contribution in [1.82, 2.24) is 0 Å². The Bertz CT molecular complexity index is 146. The van der Waals surface area contributed by atoms with Crippen molar-refractivity contribution >= 4 is 0 Å². The molecule has 0 aromatic rings. The summed E-state index contributed by atoms with van der Waals surface area (Å²) in [6.45, 7) is 1.22. The van der Waals surface area contributed by atoms with E-state index in [2.05, 4.69) is 0 Å². The molecular weight excluding hydrogens is 164 g/mol. The summed E-state index contributed by atoms with van der Waals surface area (Å²) in [5.41, 5.74) is 0. The summed E-state index contributed by atoms with van der Waals surface area (Å²) in [7, 11) is 0. The Morgan fingerprint density at radius 3 is 2.25 bits per heavy atom. The van der Waals surface area contributed by atoms with Gasteiger partial charge in [0.05, 0.1) is 12.7 Å². The Hall–Kier alpha value is -0.200. The second-order valence-corrected chi connectivity index (χ2v) is 3.09. The van der Waals surface area contributed by atoms with Gasteiger partial charge < -0.3 is 25.2 Å². The highest BCUT2D eigenvalue weighted by Crippen LogP contribution is 2.24. The van der Waals surface area contributed by atoms with Crippen LogP contribution in [-0.4, -0.2) is 51.6 Å². The maximum Gasteiger partial charge on any atom is 0.181 e. The predicted octanol–water partition coefficient (Wildman–Crippen LogP) is -1.95. The van der Waals surface area contributed by atoms with Crippen molar-refractivity contribution < 1.29 is 25.2 Å². The van der Waals surface area contributed by atoms with Crippen LogP contribution in [0.5, 0.6) is 0 Å². The fraction of sp³-hybridized carbons (Fsp3) is 1.00. The fourth-order valence-electron chi connectivity index (χ4n) is 1.29.